The fourth-order valence-corrected chi connectivity index (χ4v) is 3.75. The van der Waals surface area contributed by atoms with Crippen LogP contribution in [0.2, 0.25) is 0 Å². The Morgan fingerprint density at radius 2 is 1.83 bits per heavy atom. The van der Waals surface area contributed by atoms with Crippen LogP contribution in [-0.2, 0) is 10.0 Å². The van der Waals surface area contributed by atoms with Gasteiger partial charge in [-0.25, -0.2) is 12.8 Å². The summed E-state index contributed by atoms with van der Waals surface area (Å²) in [7, 11) is -4.21. The Morgan fingerprint density at radius 1 is 1.08 bits per heavy atom. The molecule has 0 aliphatic heterocycles. The topological polar surface area (TPSA) is 46.2 Å². The Balaban J connectivity index is 1.82. The Hall–Kier alpha value is -2.40. The molecule has 124 valence electrons. The van der Waals surface area contributed by atoms with Gasteiger partial charge in [0.25, 0.3) is 15.0 Å². The molecule has 3 rings (SSSR count). The van der Waals surface area contributed by atoms with Crippen LogP contribution in [0.1, 0.15) is 17.5 Å². The number of hydrogen-bond acceptors (Lipinski definition) is 2. The van der Waals surface area contributed by atoms with Gasteiger partial charge in [0.05, 0.1) is 0 Å². The largest absolute Gasteiger partial charge is 0.281 e. The Bertz CT molecular complexity index is 904. The van der Waals surface area contributed by atoms with Gasteiger partial charge in [-0.2, -0.15) is 0 Å². The van der Waals surface area contributed by atoms with E-state index in [0.717, 1.165) is 22.8 Å². The first kappa shape index (κ1) is 16.5. The SMILES string of the molecule is Cc1cccc(NS(=O)(=O)C2(F)C=CC(c3ccccc3)=CC2)c1. The summed E-state index contributed by atoms with van der Waals surface area (Å²) in [4.78, 5) is 0. The van der Waals surface area contributed by atoms with Gasteiger partial charge in [0.2, 0.25) is 0 Å². The van der Waals surface area contributed by atoms with Crippen LogP contribution in [0.5, 0.6) is 0 Å². The van der Waals surface area contributed by atoms with Gasteiger partial charge in [0.1, 0.15) is 0 Å². The molecule has 24 heavy (non-hydrogen) atoms. The van der Waals surface area contributed by atoms with Crippen molar-refractivity contribution in [1.29, 1.82) is 0 Å². The fourth-order valence-electron chi connectivity index (χ4n) is 2.59. The van der Waals surface area contributed by atoms with E-state index in [-0.39, 0.29) is 6.42 Å². The highest BCUT2D eigenvalue weighted by atomic mass is 32.2. The molecule has 0 fully saturated rings. The van der Waals surface area contributed by atoms with Crippen molar-refractivity contribution in [1.82, 2.24) is 0 Å². The lowest BCUT2D eigenvalue weighted by Crippen LogP contribution is -2.37. The molecule has 0 aromatic heterocycles. The molecule has 1 unspecified atom stereocenters. The molecule has 0 saturated heterocycles. The minimum absolute atomic E-state index is 0.227. The molecule has 0 saturated carbocycles. The molecule has 2 aromatic rings. The molecular formula is C19H18FNO2S. The zero-order valence-corrected chi connectivity index (χ0v) is 14.1. The number of nitrogens with one attached hydrogen (secondary N) is 1. The average molecular weight is 343 g/mol. The monoisotopic (exact) mass is 343 g/mol. The van der Waals surface area contributed by atoms with Crippen molar-refractivity contribution in [2.24, 2.45) is 0 Å². The van der Waals surface area contributed by atoms with Gasteiger partial charge in [-0.3, -0.25) is 4.72 Å². The lowest BCUT2D eigenvalue weighted by molar-refractivity contribution is 0.333. The zero-order chi connectivity index (χ0) is 17.2. The van der Waals surface area contributed by atoms with Gasteiger partial charge in [0, 0.05) is 12.1 Å². The highest BCUT2D eigenvalue weighted by molar-refractivity contribution is 7.94. The van der Waals surface area contributed by atoms with Crippen LogP contribution in [0.25, 0.3) is 5.57 Å². The van der Waals surface area contributed by atoms with E-state index < -0.39 is 15.0 Å². The molecule has 0 spiro atoms. The molecule has 1 aliphatic carbocycles. The number of halogens is 1. The van der Waals surface area contributed by atoms with E-state index in [1.807, 2.05) is 43.3 Å². The summed E-state index contributed by atoms with van der Waals surface area (Å²) in [5.74, 6) is 0. The highest BCUT2D eigenvalue weighted by Crippen LogP contribution is 2.34. The number of hydrogen-bond donors (Lipinski definition) is 1. The summed E-state index contributed by atoms with van der Waals surface area (Å²) >= 11 is 0. The molecule has 0 radical (unpaired) electrons. The van der Waals surface area contributed by atoms with Crippen LogP contribution in [0.15, 0.2) is 72.8 Å². The Labute approximate surface area is 141 Å². The number of allylic oxidation sites excluding steroid dienone is 3. The molecule has 0 bridgehead atoms. The van der Waals surface area contributed by atoms with Crippen LogP contribution in [0.4, 0.5) is 10.1 Å². The molecule has 5 heteroatoms. The Kier molecular flexibility index (Phi) is 4.28. The lowest BCUT2D eigenvalue weighted by Gasteiger charge is -2.25. The second-order valence-corrected chi connectivity index (χ2v) is 7.71. The number of benzene rings is 2. The minimum Gasteiger partial charge on any atom is -0.281 e. The minimum atomic E-state index is -4.21. The van der Waals surface area contributed by atoms with Crippen LogP contribution in [0, 0.1) is 6.92 Å². The fraction of sp³-hybridized carbons (Fsp3) is 0.158. The maximum atomic E-state index is 15.0. The molecule has 0 amide bonds. The number of alkyl halides is 1. The second kappa shape index (κ2) is 6.24. The van der Waals surface area contributed by atoms with Gasteiger partial charge in [0.15, 0.2) is 0 Å². The molecular weight excluding hydrogens is 325 g/mol. The summed E-state index contributed by atoms with van der Waals surface area (Å²) in [5.41, 5.74) is 3.00. The highest BCUT2D eigenvalue weighted by Gasteiger charge is 2.42. The number of aryl methyl sites for hydroxylation is 1. The maximum Gasteiger partial charge on any atom is 0.272 e. The van der Waals surface area contributed by atoms with Gasteiger partial charge in [-0.15, -0.1) is 0 Å². The van der Waals surface area contributed by atoms with E-state index in [0.29, 0.717) is 5.69 Å². The summed E-state index contributed by atoms with van der Waals surface area (Å²) in [6, 6.07) is 16.3. The van der Waals surface area contributed by atoms with Crippen molar-refractivity contribution in [2.45, 2.75) is 18.3 Å². The second-order valence-electron chi connectivity index (χ2n) is 5.82. The van der Waals surface area contributed by atoms with Gasteiger partial charge >= 0.3 is 0 Å². The standard InChI is InChI=1S/C19H18FNO2S/c1-15-6-5-9-18(14-15)21-24(22,23)19(20)12-10-17(11-13-19)16-7-3-2-4-8-16/h2-12,14,21H,13H2,1H3. The van der Waals surface area contributed by atoms with Crippen LogP contribution >= 0.6 is 0 Å². The van der Waals surface area contributed by atoms with E-state index in [1.54, 1.807) is 24.3 Å². The first-order valence-corrected chi connectivity index (χ1v) is 9.11. The number of rotatable bonds is 4. The summed E-state index contributed by atoms with van der Waals surface area (Å²) < 4.78 is 42.3. The smallest absolute Gasteiger partial charge is 0.272 e. The first-order valence-electron chi connectivity index (χ1n) is 7.62. The van der Waals surface area contributed by atoms with E-state index in [1.165, 1.54) is 6.08 Å². The van der Waals surface area contributed by atoms with Crippen molar-refractivity contribution >= 4 is 21.3 Å². The van der Waals surface area contributed by atoms with Crippen molar-refractivity contribution in [3.05, 3.63) is 84.0 Å². The van der Waals surface area contributed by atoms with Crippen molar-refractivity contribution in [2.75, 3.05) is 4.72 Å². The third-order valence-electron chi connectivity index (χ3n) is 3.94. The predicted molar refractivity (Wildman–Crippen MR) is 95.7 cm³/mol. The van der Waals surface area contributed by atoms with E-state index in [9.17, 15) is 8.42 Å². The molecule has 3 nitrogen and oxygen atoms in total. The normalized spacial score (nSPS) is 20.5. The third kappa shape index (κ3) is 3.26. The van der Waals surface area contributed by atoms with E-state index in [2.05, 4.69) is 4.72 Å². The molecule has 2 aromatic carbocycles. The van der Waals surface area contributed by atoms with Gasteiger partial charge in [-0.05, 0) is 41.8 Å². The van der Waals surface area contributed by atoms with Gasteiger partial charge in [-0.1, -0.05) is 54.6 Å². The molecule has 1 atom stereocenters. The molecule has 0 heterocycles. The first-order chi connectivity index (χ1) is 11.4. The molecule has 1 aliphatic rings. The van der Waals surface area contributed by atoms with E-state index >= 15 is 4.39 Å². The van der Waals surface area contributed by atoms with Crippen molar-refractivity contribution in [3.8, 4) is 0 Å². The predicted octanol–water partition coefficient (Wildman–Crippen LogP) is 4.45. The van der Waals surface area contributed by atoms with Crippen LogP contribution < -0.4 is 4.72 Å². The van der Waals surface area contributed by atoms with E-state index in [4.69, 9.17) is 0 Å². The third-order valence-corrected chi connectivity index (χ3v) is 5.64. The summed E-state index contributed by atoms with van der Waals surface area (Å²) in [5, 5.41) is -2.46. The van der Waals surface area contributed by atoms with Crippen LogP contribution in [0.3, 0.4) is 0 Å². The Morgan fingerprint density at radius 3 is 2.46 bits per heavy atom. The lowest BCUT2D eigenvalue weighted by atomic mass is 9.99. The summed E-state index contributed by atoms with van der Waals surface area (Å²) in [6.07, 6.45) is 4.03. The maximum absolute atomic E-state index is 15.0. The molecule has 1 N–H and O–H groups in total. The number of sulfonamides is 1. The average Bonchev–Trinajstić information content (AvgIpc) is 2.56. The van der Waals surface area contributed by atoms with Crippen molar-refractivity contribution < 1.29 is 12.8 Å². The van der Waals surface area contributed by atoms with Gasteiger partial charge < -0.3 is 0 Å². The quantitative estimate of drug-likeness (QED) is 0.892. The van der Waals surface area contributed by atoms with Crippen LogP contribution in [-0.4, -0.2) is 13.4 Å². The number of anilines is 1. The summed E-state index contributed by atoms with van der Waals surface area (Å²) in [6.45, 7) is 1.85. The van der Waals surface area contributed by atoms with Crippen molar-refractivity contribution in [3.63, 3.8) is 0 Å². The zero-order valence-electron chi connectivity index (χ0n) is 13.2.